The summed E-state index contributed by atoms with van der Waals surface area (Å²) in [6.45, 7) is 7.14. The minimum absolute atomic E-state index is 0.452. The maximum atomic E-state index is 6.47. The predicted molar refractivity (Wildman–Crippen MR) is 113 cm³/mol. The highest BCUT2D eigenvalue weighted by Gasteiger charge is 2.21. The lowest BCUT2D eigenvalue weighted by atomic mass is 10.1. The monoisotopic (exact) mass is 416 g/mol. The molecule has 0 spiro atoms. The molecule has 0 amide bonds. The molecule has 0 aliphatic carbocycles. The lowest BCUT2D eigenvalue weighted by molar-refractivity contribution is 0.310. The third-order valence-electron chi connectivity index (χ3n) is 4.58. The van der Waals surface area contributed by atoms with Gasteiger partial charge in [-0.2, -0.15) is 4.98 Å². The van der Waals surface area contributed by atoms with Crippen LogP contribution in [0.25, 0.3) is 22.6 Å². The van der Waals surface area contributed by atoms with Crippen LogP contribution in [-0.4, -0.2) is 42.4 Å². The van der Waals surface area contributed by atoms with E-state index in [0.29, 0.717) is 46.1 Å². The van der Waals surface area contributed by atoms with Crippen LogP contribution in [0, 0.1) is 20.8 Å². The number of rotatable bonds is 8. The fourth-order valence-corrected chi connectivity index (χ4v) is 3.29. The Balaban J connectivity index is 2.06. The van der Waals surface area contributed by atoms with Gasteiger partial charge in [-0.05, 0) is 59.0 Å². The van der Waals surface area contributed by atoms with Gasteiger partial charge >= 0.3 is 0 Å². The van der Waals surface area contributed by atoms with E-state index >= 15 is 0 Å². The van der Waals surface area contributed by atoms with Crippen molar-refractivity contribution >= 4 is 11.6 Å². The largest absolute Gasteiger partial charge is 0.494 e. The van der Waals surface area contributed by atoms with Gasteiger partial charge in [-0.3, -0.25) is 0 Å². The molecule has 0 saturated carbocycles. The van der Waals surface area contributed by atoms with Gasteiger partial charge in [0, 0.05) is 11.1 Å². The lowest BCUT2D eigenvalue weighted by Crippen LogP contribution is -2.11. The number of benzene rings is 1. The van der Waals surface area contributed by atoms with Crippen LogP contribution in [0.1, 0.15) is 23.4 Å². The molecule has 29 heavy (non-hydrogen) atoms. The molecule has 0 fully saturated rings. The molecule has 1 N–H and O–H groups in total. The zero-order chi connectivity index (χ0) is 21.0. The second kappa shape index (κ2) is 9.24. The summed E-state index contributed by atoms with van der Waals surface area (Å²) < 4.78 is 16.7. The normalized spacial score (nSPS) is 11.0. The van der Waals surface area contributed by atoms with E-state index < -0.39 is 0 Å². The van der Waals surface area contributed by atoms with Crippen molar-refractivity contribution < 1.29 is 14.0 Å². The van der Waals surface area contributed by atoms with Gasteiger partial charge in [0.25, 0.3) is 0 Å². The minimum atomic E-state index is 0.452. The molecular formula is C21H25ClN4O3. The first kappa shape index (κ1) is 21.1. The van der Waals surface area contributed by atoms with Crippen LogP contribution >= 0.6 is 11.6 Å². The molecule has 0 atom stereocenters. The Hall–Kier alpha value is -2.64. The van der Waals surface area contributed by atoms with Gasteiger partial charge in [0.2, 0.25) is 5.88 Å². The molecule has 2 heterocycles. The average molecular weight is 417 g/mol. The van der Waals surface area contributed by atoms with Gasteiger partial charge in [-0.1, -0.05) is 16.8 Å². The SMILES string of the molecule is CNCCCOc1ccc(Cl)c(-c2nc(OC)c(C)c(-c3c(C)noc3C)n2)c1. The van der Waals surface area contributed by atoms with Crippen LogP contribution in [0.4, 0.5) is 0 Å². The first-order valence-corrected chi connectivity index (χ1v) is 9.77. The molecule has 8 heteroatoms. The van der Waals surface area contributed by atoms with Gasteiger partial charge < -0.3 is 19.3 Å². The molecule has 0 saturated heterocycles. The van der Waals surface area contributed by atoms with E-state index in [1.54, 1.807) is 13.2 Å². The molecule has 3 rings (SSSR count). The molecule has 2 aromatic heterocycles. The number of halogens is 1. The van der Waals surface area contributed by atoms with Gasteiger partial charge in [-0.25, -0.2) is 4.98 Å². The van der Waals surface area contributed by atoms with Crippen LogP contribution in [0.15, 0.2) is 22.7 Å². The molecule has 1 aromatic carbocycles. The summed E-state index contributed by atoms with van der Waals surface area (Å²) in [7, 11) is 3.50. The van der Waals surface area contributed by atoms with Crippen molar-refractivity contribution in [3.8, 4) is 34.3 Å². The number of nitrogens with one attached hydrogen (secondary N) is 1. The predicted octanol–water partition coefficient (Wildman–Crippen LogP) is 4.37. The number of aromatic nitrogens is 3. The number of hydrogen-bond donors (Lipinski definition) is 1. The number of nitrogens with zero attached hydrogens (tertiary/aromatic N) is 3. The Kier molecular flexibility index (Phi) is 6.71. The second-order valence-corrected chi connectivity index (χ2v) is 7.08. The van der Waals surface area contributed by atoms with Crippen LogP contribution in [0.5, 0.6) is 11.6 Å². The zero-order valence-corrected chi connectivity index (χ0v) is 18.1. The van der Waals surface area contributed by atoms with Crippen LogP contribution in [-0.2, 0) is 0 Å². The smallest absolute Gasteiger partial charge is 0.220 e. The van der Waals surface area contributed by atoms with E-state index in [4.69, 9.17) is 30.6 Å². The standard InChI is InChI=1S/C21H25ClN4O3/c1-12-19(18-13(2)26-29-14(18)3)24-20(25-21(12)27-5)16-11-15(7-8-17(16)22)28-10-6-9-23-4/h7-8,11,23H,6,9-10H2,1-5H3. The summed E-state index contributed by atoms with van der Waals surface area (Å²) in [5, 5.41) is 7.67. The van der Waals surface area contributed by atoms with Crippen LogP contribution < -0.4 is 14.8 Å². The van der Waals surface area contributed by atoms with Crippen molar-refractivity contribution in [3.05, 3.63) is 40.2 Å². The summed E-state index contributed by atoms with van der Waals surface area (Å²) in [6, 6.07) is 5.48. The fraction of sp³-hybridized carbons (Fsp3) is 0.381. The van der Waals surface area contributed by atoms with Gasteiger partial charge in [0.1, 0.15) is 11.5 Å². The molecule has 3 aromatic rings. The Morgan fingerprint density at radius 3 is 2.62 bits per heavy atom. The molecule has 0 radical (unpaired) electrons. The summed E-state index contributed by atoms with van der Waals surface area (Å²) in [5.74, 6) is 2.32. The van der Waals surface area contributed by atoms with Gasteiger partial charge in [0.15, 0.2) is 5.82 Å². The fourth-order valence-electron chi connectivity index (χ4n) is 3.08. The molecule has 0 aliphatic heterocycles. The molecule has 0 aliphatic rings. The first-order chi connectivity index (χ1) is 14.0. The second-order valence-electron chi connectivity index (χ2n) is 6.68. The van der Waals surface area contributed by atoms with Gasteiger partial charge in [-0.15, -0.1) is 0 Å². The summed E-state index contributed by atoms with van der Waals surface area (Å²) in [6.07, 6.45) is 0.902. The highest BCUT2D eigenvalue weighted by molar-refractivity contribution is 6.33. The van der Waals surface area contributed by atoms with E-state index in [1.807, 2.05) is 40.0 Å². The highest BCUT2D eigenvalue weighted by Crippen LogP contribution is 2.36. The number of aryl methyl sites for hydroxylation is 2. The number of hydrogen-bond acceptors (Lipinski definition) is 7. The number of ether oxygens (including phenoxy) is 2. The summed E-state index contributed by atoms with van der Waals surface area (Å²) in [5.41, 5.74) is 3.77. The van der Waals surface area contributed by atoms with Crippen molar-refractivity contribution in [3.63, 3.8) is 0 Å². The Bertz CT molecular complexity index is 984. The molecule has 154 valence electrons. The van der Waals surface area contributed by atoms with Crippen molar-refractivity contribution in [2.24, 2.45) is 0 Å². The summed E-state index contributed by atoms with van der Waals surface area (Å²) in [4.78, 5) is 9.35. The van der Waals surface area contributed by atoms with Crippen LogP contribution in [0.2, 0.25) is 5.02 Å². The maximum absolute atomic E-state index is 6.47. The van der Waals surface area contributed by atoms with Crippen molar-refractivity contribution in [1.29, 1.82) is 0 Å². The van der Waals surface area contributed by atoms with Crippen molar-refractivity contribution in [2.45, 2.75) is 27.2 Å². The Morgan fingerprint density at radius 1 is 1.17 bits per heavy atom. The van der Waals surface area contributed by atoms with E-state index in [1.165, 1.54) is 0 Å². The number of methoxy groups -OCH3 is 1. The maximum Gasteiger partial charge on any atom is 0.220 e. The highest BCUT2D eigenvalue weighted by atomic mass is 35.5. The molecule has 0 unspecified atom stereocenters. The van der Waals surface area contributed by atoms with E-state index in [2.05, 4.69) is 15.5 Å². The Morgan fingerprint density at radius 2 is 1.97 bits per heavy atom. The quantitative estimate of drug-likeness (QED) is 0.546. The van der Waals surface area contributed by atoms with Crippen molar-refractivity contribution in [1.82, 2.24) is 20.4 Å². The van der Waals surface area contributed by atoms with Crippen molar-refractivity contribution in [2.75, 3.05) is 27.3 Å². The zero-order valence-electron chi connectivity index (χ0n) is 17.3. The molecular weight excluding hydrogens is 392 g/mol. The van der Waals surface area contributed by atoms with E-state index in [-0.39, 0.29) is 0 Å². The average Bonchev–Trinajstić information content (AvgIpc) is 3.05. The third kappa shape index (κ3) is 4.52. The third-order valence-corrected chi connectivity index (χ3v) is 4.91. The van der Waals surface area contributed by atoms with E-state index in [0.717, 1.165) is 29.8 Å². The molecule has 0 bridgehead atoms. The lowest BCUT2D eigenvalue weighted by Gasteiger charge is -2.13. The summed E-state index contributed by atoms with van der Waals surface area (Å²) >= 11 is 6.47. The molecule has 7 nitrogen and oxygen atoms in total. The Labute approximate surface area is 175 Å². The topological polar surface area (TPSA) is 82.3 Å². The minimum Gasteiger partial charge on any atom is -0.494 e. The van der Waals surface area contributed by atoms with E-state index in [9.17, 15) is 0 Å². The van der Waals surface area contributed by atoms with Crippen LogP contribution in [0.3, 0.4) is 0 Å². The first-order valence-electron chi connectivity index (χ1n) is 9.39. The van der Waals surface area contributed by atoms with Gasteiger partial charge in [0.05, 0.1) is 35.7 Å².